The van der Waals surface area contributed by atoms with Crippen LogP contribution < -0.4 is 0 Å². The lowest BCUT2D eigenvalue weighted by Crippen LogP contribution is -2.47. The highest BCUT2D eigenvalue weighted by atomic mass is 16.5. The molecule has 2 aromatic rings. The van der Waals surface area contributed by atoms with Gasteiger partial charge in [0.25, 0.3) is 0 Å². The Morgan fingerprint density at radius 2 is 2.15 bits per heavy atom. The summed E-state index contributed by atoms with van der Waals surface area (Å²) in [4.78, 5) is 14.8. The first-order valence-electron chi connectivity index (χ1n) is 8.76. The van der Waals surface area contributed by atoms with Crippen molar-refractivity contribution in [1.29, 1.82) is 0 Å². The Kier molecular flexibility index (Phi) is 6.03. The number of carboxylic acids is 1. The summed E-state index contributed by atoms with van der Waals surface area (Å²) in [5, 5.41) is 13.0. The van der Waals surface area contributed by atoms with E-state index >= 15 is 0 Å². The number of carbonyl (C=O) groups is 1. The predicted octanol–water partition coefficient (Wildman–Crippen LogP) is 1.87. The monoisotopic (exact) mass is 359 g/mol. The number of nitrogens with zero attached hydrogens (tertiary/aromatic N) is 3. The minimum absolute atomic E-state index is 0.00686. The van der Waals surface area contributed by atoms with E-state index in [2.05, 4.69) is 29.1 Å². The normalized spacial score (nSPS) is 18.3. The highest BCUT2D eigenvalue weighted by Crippen LogP contribution is 2.21. The number of aliphatic carboxylic acids is 1. The van der Waals surface area contributed by atoms with Crippen LogP contribution in [0.15, 0.2) is 34.9 Å². The maximum atomic E-state index is 10.8. The number of hydrogen-bond acceptors (Lipinski definition) is 6. The van der Waals surface area contributed by atoms with E-state index < -0.39 is 5.97 Å². The first-order chi connectivity index (χ1) is 12.5. The van der Waals surface area contributed by atoms with Gasteiger partial charge in [-0.15, -0.1) is 0 Å². The van der Waals surface area contributed by atoms with E-state index in [1.54, 1.807) is 11.9 Å². The smallest absolute Gasteiger partial charge is 0.317 e. The van der Waals surface area contributed by atoms with Gasteiger partial charge in [0.05, 0.1) is 25.8 Å². The molecule has 3 rings (SSSR count). The van der Waals surface area contributed by atoms with E-state index in [0.29, 0.717) is 19.7 Å². The highest BCUT2D eigenvalue weighted by Gasteiger charge is 2.23. The number of likely N-dealkylation sites (N-methyl/N-ethyl adjacent to an activating group) is 1. The summed E-state index contributed by atoms with van der Waals surface area (Å²) in [6, 6.07) is 10.2. The van der Waals surface area contributed by atoms with Crippen molar-refractivity contribution in [2.75, 3.05) is 39.8 Å². The van der Waals surface area contributed by atoms with Crippen molar-refractivity contribution in [2.24, 2.45) is 0 Å². The molecule has 140 valence electrons. The molecule has 0 aliphatic carbocycles. The zero-order valence-electron chi connectivity index (χ0n) is 15.2. The first kappa shape index (κ1) is 18.6. The number of hydrogen-bond donors (Lipinski definition) is 1. The third-order valence-corrected chi connectivity index (χ3v) is 4.43. The molecule has 7 heteroatoms. The lowest BCUT2D eigenvalue weighted by Gasteiger charge is -2.33. The van der Waals surface area contributed by atoms with E-state index in [1.807, 2.05) is 18.2 Å². The van der Waals surface area contributed by atoms with Crippen LogP contribution in [0.5, 0.6) is 0 Å². The summed E-state index contributed by atoms with van der Waals surface area (Å²) >= 11 is 0. The van der Waals surface area contributed by atoms with Gasteiger partial charge in [-0.3, -0.25) is 14.6 Å². The lowest BCUT2D eigenvalue weighted by atomic mass is 10.1. The molecule has 2 heterocycles. The van der Waals surface area contributed by atoms with Gasteiger partial charge in [-0.25, -0.2) is 0 Å². The number of aromatic nitrogens is 1. The van der Waals surface area contributed by atoms with Crippen molar-refractivity contribution in [3.05, 3.63) is 41.7 Å². The van der Waals surface area contributed by atoms with E-state index in [4.69, 9.17) is 14.4 Å². The van der Waals surface area contributed by atoms with E-state index in [1.165, 1.54) is 5.56 Å². The molecule has 0 saturated carbocycles. The average Bonchev–Trinajstić information content (AvgIpc) is 3.03. The Balaban J connectivity index is 1.55. The van der Waals surface area contributed by atoms with Crippen molar-refractivity contribution >= 4 is 5.97 Å². The number of rotatable bonds is 7. The summed E-state index contributed by atoms with van der Waals surface area (Å²) in [5.74, 6) is -0.00873. The van der Waals surface area contributed by atoms with E-state index in [0.717, 1.165) is 30.1 Å². The van der Waals surface area contributed by atoms with Crippen molar-refractivity contribution < 1.29 is 19.2 Å². The van der Waals surface area contributed by atoms with Gasteiger partial charge in [-0.05, 0) is 14.0 Å². The molecule has 0 amide bonds. The van der Waals surface area contributed by atoms with E-state index in [-0.39, 0.29) is 12.6 Å². The highest BCUT2D eigenvalue weighted by molar-refractivity contribution is 5.69. The maximum absolute atomic E-state index is 10.8. The number of aryl methyl sites for hydroxylation is 1. The van der Waals surface area contributed by atoms with Gasteiger partial charge in [-0.2, -0.15) is 0 Å². The molecular formula is C19H25N3O4. The SMILES string of the molecule is Cc1ccc(-c2cc(CN3CCOC(CN(C)CC(=O)O)C3)on2)cc1. The summed E-state index contributed by atoms with van der Waals surface area (Å²) < 4.78 is 11.3. The standard InChI is InChI=1S/C19H25N3O4/c1-14-3-5-15(6-4-14)18-9-16(26-20-18)11-22-7-8-25-17(12-22)10-21(2)13-19(23)24/h3-6,9,17H,7-8,10-13H2,1-2H3,(H,23,24). The van der Waals surface area contributed by atoms with Crippen molar-refractivity contribution in [1.82, 2.24) is 15.0 Å². The lowest BCUT2D eigenvalue weighted by molar-refractivity contribution is -0.138. The topological polar surface area (TPSA) is 79.0 Å². The van der Waals surface area contributed by atoms with Gasteiger partial charge < -0.3 is 14.4 Å². The first-order valence-corrected chi connectivity index (χ1v) is 8.76. The Labute approximate surface area is 153 Å². The van der Waals surface area contributed by atoms with Gasteiger partial charge >= 0.3 is 5.97 Å². The van der Waals surface area contributed by atoms with Crippen molar-refractivity contribution in [3.8, 4) is 11.3 Å². The minimum atomic E-state index is -0.828. The summed E-state index contributed by atoms with van der Waals surface area (Å²) in [6.07, 6.45) is -0.00686. The second kappa shape index (κ2) is 8.44. The van der Waals surface area contributed by atoms with Crippen LogP contribution in [-0.4, -0.2) is 72.0 Å². The molecule has 0 bridgehead atoms. The van der Waals surface area contributed by atoms with Crippen LogP contribution in [0.1, 0.15) is 11.3 Å². The second-order valence-electron chi connectivity index (χ2n) is 6.86. The maximum Gasteiger partial charge on any atom is 0.317 e. The van der Waals surface area contributed by atoms with Gasteiger partial charge in [-0.1, -0.05) is 35.0 Å². The molecule has 1 N–H and O–H groups in total. The Hall–Kier alpha value is -2.22. The molecule has 1 aliphatic heterocycles. The Bertz CT molecular complexity index is 729. The van der Waals surface area contributed by atoms with Crippen LogP contribution in [0.25, 0.3) is 11.3 Å². The number of carboxylic acid groups (broad SMARTS) is 1. The zero-order chi connectivity index (χ0) is 18.5. The Morgan fingerprint density at radius 1 is 1.38 bits per heavy atom. The van der Waals surface area contributed by atoms with Gasteiger partial charge in [0.15, 0.2) is 5.76 Å². The van der Waals surface area contributed by atoms with Crippen LogP contribution in [-0.2, 0) is 16.1 Å². The van der Waals surface area contributed by atoms with Gasteiger partial charge in [0.1, 0.15) is 5.69 Å². The average molecular weight is 359 g/mol. The van der Waals surface area contributed by atoms with E-state index in [9.17, 15) is 4.79 Å². The fraction of sp³-hybridized carbons (Fsp3) is 0.474. The fourth-order valence-electron chi connectivity index (χ4n) is 3.15. The molecule has 26 heavy (non-hydrogen) atoms. The molecule has 1 fully saturated rings. The molecule has 0 radical (unpaired) electrons. The fourth-order valence-corrected chi connectivity index (χ4v) is 3.15. The van der Waals surface area contributed by atoms with Gasteiger partial charge in [0, 0.05) is 31.3 Å². The minimum Gasteiger partial charge on any atom is -0.480 e. The molecule has 0 spiro atoms. The summed E-state index contributed by atoms with van der Waals surface area (Å²) in [5.41, 5.74) is 3.09. The zero-order valence-corrected chi connectivity index (χ0v) is 15.2. The third-order valence-electron chi connectivity index (χ3n) is 4.43. The molecular weight excluding hydrogens is 334 g/mol. The molecule has 1 unspecified atom stereocenters. The van der Waals surface area contributed by atoms with Crippen molar-refractivity contribution in [3.63, 3.8) is 0 Å². The van der Waals surface area contributed by atoms with Crippen LogP contribution >= 0.6 is 0 Å². The molecule has 7 nitrogen and oxygen atoms in total. The van der Waals surface area contributed by atoms with Crippen LogP contribution in [0, 0.1) is 6.92 Å². The number of morpholine rings is 1. The molecule has 1 saturated heterocycles. The number of benzene rings is 1. The molecule has 1 atom stereocenters. The second-order valence-corrected chi connectivity index (χ2v) is 6.86. The molecule has 1 aromatic carbocycles. The molecule has 1 aromatic heterocycles. The largest absolute Gasteiger partial charge is 0.480 e. The van der Waals surface area contributed by atoms with Crippen molar-refractivity contribution in [2.45, 2.75) is 19.6 Å². The predicted molar refractivity (Wildman–Crippen MR) is 96.8 cm³/mol. The van der Waals surface area contributed by atoms with Gasteiger partial charge in [0.2, 0.25) is 0 Å². The molecule has 1 aliphatic rings. The quantitative estimate of drug-likeness (QED) is 0.808. The Morgan fingerprint density at radius 3 is 2.88 bits per heavy atom. The third kappa shape index (κ3) is 5.14. The summed E-state index contributed by atoms with van der Waals surface area (Å²) in [7, 11) is 1.79. The van der Waals surface area contributed by atoms with Crippen LogP contribution in [0.2, 0.25) is 0 Å². The van der Waals surface area contributed by atoms with Crippen LogP contribution in [0.4, 0.5) is 0 Å². The summed E-state index contributed by atoms with van der Waals surface area (Å²) in [6.45, 7) is 5.52. The number of ether oxygens (including phenoxy) is 1. The van der Waals surface area contributed by atoms with Crippen LogP contribution in [0.3, 0.4) is 0 Å².